The molecule has 0 saturated carbocycles. The quantitative estimate of drug-likeness (QED) is 0.575. The Morgan fingerprint density at radius 1 is 1.34 bits per heavy atom. The number of methoxy groups -OCH3 is 1. The van der Waals surface area contributed by atoms with Gasteiger partial charge in [0, 0.05) is 24.3 Å². The minimum Gasteiger partial charge on any atom is -0.495 e. The number of nitrogens with zero attached hydrogens (tertiary/aromatic N) is 3. The number of allylic oxidation sites excluding steroid dienone is 2. The Labute approximate surface area is 171 Å². The van der Waals surface area contributed by atoms with Crippen LogP contribution in [0.4, 0.5) is 5.69 Å². The summed E-state index contributed by atoms with van der Waals surface area (Å²) in [6.07, 6.45) is 5.31. The average molecular weight is 396 g/mol. The molecule has 2 aromatic rings. The summed E-state index contributed by atoms with van der Waals surface area (Å²) in [6.45, 7) is 8.22. The molecular weight excluding hydrogens is 368 g/mol. The van der Waals surface area contributed by atoms with Gasteiger partial charge in [-0.25, -0.2) is 4.68 Å². The molecule has 0 atom stereocenters. The lowest BCUT2D eigenvalue weighted by atomic mass is 10.1. The van der Waals surface area contributed by atoms with Gasteiger partial charge in [-0.2, -0.15) is 5.10 Å². The molecule has 1 aliphatic heterocycles. The Morgan fingerprint density at radius 3 is 2.76 bits per heavy atom. The van der Waals surface area contributed by atoms with Crippen molar-refractivity contribution in [2.45, 2.75) is 19.8 Å². The number of rotatable bonds is 7. The Kier molecular flexibility index (Phi) is 6.72. The predicted octanol–water partition coefficient (Wildman–Crippen LogP) is 2.97. The zero-order chi connectivity index (χ0) is 20.8. The van der Waals surface area contributed by atoms with Gasteiger partial charge >= 0.3 is 0 Å². The molecule has 1 amide bonds. The summed E-state index contributed by atoms with van der Waals surface area (Å²) in [5.74, 6) is 0.517. The van der Waals surface area contributed by atoms with E-state index in [1.54, 1.807) is 24.2 Å². The fraction of sp³-hybridized carbons (Fsp3) is 0.364. The smallest absolute Gasteiger partial charge is 0.274 e. The first-order valence-electron chi connectivity index (χ1n) is 9.82. The van der Waals surface area contributed by atoms with Gasteiger partial charge in [0.05, 0.1) is 31.7 Å². The van der Waals surface area contributed by atoms with Crippen LogP contribution in [0, 0.1) is 0 Å². The number of aryl methyl sites for hydroxylation is 1. The van der Waals surface area contributed by atoms with Gasteiger partial charge in [-0.05, 0) is 30.7 Å². The molecule has 0 unspecified atom stereocenters. The number of hydrogen-bond acceptors (Lipinski definition) is 5. The molecule has 0 bridgehead atoms. The van der Waals surface area contributed by atoms with Crippen molar-refractivity contribution in [1.82, 2.24) is 14.7 Å². The summed E-state index contributed by atoms with van der Waals surface area (Å²) in [5.41, 5.74) is 9.62. The van der Waals surface area contributed by atoms with Crippen LogP contribution in [0.25, 0.3) is 5.70 Å². The van der Waals surface area contributed by atoms with Crippen molar-refractivity contribution in [3.05, 3.63) is 59.9 Å². The van der Waals surface area contributed by atoms with Gasteiger partial charge in [-0.1, -0.05) is 32.1 Å². The van der Waals surface area contributed by atoms with Gasteiger partial charge < -0.3 is 20.1 Å². The normalized spacial score (nSPS) is 14.7. The van der Waals surface area contributed by atoms with Gasteiger partial charge in [0.1, 0.15) is 5.75 Å². The lowest BCUT2D eigenvalue weighted by molar-refractivity contribution is 0.0298. The van der Waals surface area contributed by atoms with Crippen molar-refractivity contribution >= 4 is 17.3 Å². The van der Waals surface area contributed by atoms with Gasteiger partial charge in [-0.3, -0.25) is 4.79 Å². The minimum atomic E-state index is -0.0720. The maximum atomic E-state index is 12.9. The monoisotopic (exact) mass is 396 g/mol. The summed E-state index contributed by atoms with van der Waals surface area (Å²) in [7, 11) is 1.59. The van der Waals surface area contributed by atoms with Gasteiger partial charge in [0.25, 0.3) is 5.91 Å². The number of ether oxygens (including phenoxy) is 2. The predicted molar refractivity (Wildman–Crippen MR) is 114 cm³/mol. The van der Waals surface area contributed by atoms with Gasteiger partial charge in [0.2, 0.25) is 0 Å². The highest BCUT2D eigenvalue weighted by atomic mass is 16.5. The van der Waals surface area contributed by atoms with Gasteiger partial charge in [-0.15, -0.1) is 0 Å². The van der Waals surface area contributed by atoms with E-state index in [1.165, 1.54) is 0 Å². The van der Waals surface area contributed by atoms with Crippen LogP contribution < -0.4 is 10.5 Å². The number of morpholine rings is 1. The van der Waals surface area contributed by atoms with Crippen LogP contribution in [-0.2, 0) is 11.2 Å². The summed E-state index contributed by atoms with van der Waals surface area (Å²) in [6, 6.07) is 7.46. The van der Waals surface area contributed by atoms with E-state index in [4.69, 9.17) is 15.2 Å². The van der Waals surface area contributed by atoms with Gasteiger partial charge in [0.15, 0.2) is 5.69 Å². The number of nitrogen functional groups attached to an aromatic ring is 1. The van der Waals surface area contributed by atoms with E-state index in [0.29, 0.717) is 43.4 Å². The van der Waals surface area contributed by atoms with Crippen molar-refractivity contribution in [3.63, 3.8) is 0 Å². The first kappa shape index (κ1) is 20.7. The van der Waals surface area contributed by atoms with Crippen molar-refractivity contribution in [2.24, 2.45) is 0 Å². The SMILES string of the molecule is C=C/C=C(/c1ccc(N)c(OC)c1)n1nc(C(=O)N2CCOCC2)cc1CCC. The number of nitrogens with two attached hydrogens (primary N) is 1. The molecule has 1 aromatic carbocycles. The van der Waals surface area contributed by atoms with Crippen LogP contribution in [0.5, 0.6) is 5.75 Å². The molecule has 2 heterocycles. The molecule has 29 heavy (non-hydrogen) atoms. The molecule has 1 aliphatic rings. The number of carbonyl (C=O) groups excluding carboxylic acids is 1. The number of anilines is 1. The number of amides is 1. The zero-order valence-electron chi connectivity index (χ0n) is 17.1. The highest BCUT2D eigenvalue weighted by Crippen LogP contribution is 2.28. The second-order valence-electron chi connectivity index (χ2n) is 6.83. The Hall–Kier alpha value is -3.06. The Morgan fingerprint density at radius 2 is 2.10 bits per heavy atom. The Bertz CT molecular complexity index is 911. The van der Waals surface area contributed by atoms with E-state index in [9.17, 15) is 4.79 Å². The summed E-state index contributed by atoms with van der Waals surface area (Å²) in [5, 5.41) is 4.67. The van der Waals surface area contributed by atoms with Crippen molar-refractivity contribution < 1.29 is 14.3 Å². The van der Waals surface area contributed by atoms with Crippen LogP contribution in [0.15, 0.2) is 43.0 Å². The van der Waals surface area contributed by atoms with Crippen molar-refractivity contribution in [1.29, 1.82) is 0 Å². The third-order valence-electron chi connectivity index (χ3n) is 4.84. The highest BCUT2D eigenvalue weighted by molar-refractivity contribution is 5.92. The van der Waals surface area contributed by atoms with Crippen molar-refractivity contribution in [3.8, 4) is 5.75 Å². The van der Waals surface area contributed by atoms with E-state index >= 15 is 0 Å². The lowest BCUT2D eigenvalue weighted by Gasteiger charge is -2.25. The molecule has 1 saturated heterocycles. The third kappa shape index (κ3) is 4.51. The maximum Gasteiger partial charge on any atom is 0.274 e. The lowest BCUT2D eigenvalue weighted by Crippen LogP contribution is -2.40. The standard InChI is InChI=1S/C22H28N4O3/c1-4-6-17-15-19(22(27)25-10-12-29-13-11-25)24-26(17)20(7-5-2)16-8-9-18(23)21(14-16)28-3/h5,7-9,14-15H,2,4,6,10-13,23H2,1,3H3/b20-7-. The van der Waals surface area contributed by atoms with Crippen LogP contribution in [0.1, 0.15) is 35.1 Å². The summed E-state index contributed by atoms with van der Waals surface area (Å²) in [4.78, 5) is 14.7. The topological polar surface area (TPSA) is 82.6 Å². The highest BCUT2D eigenvalue weighted by Gasteiger charge is 2.23. The molecule has 0 spiro atoms. The molecule has 7 nitrogen and oxygen atoms in total. The van der Waals surface area contributed by atoms with Crippen LogP contribution in [-0.4, -0.2) is 54.0 Å². The van der Waals surface area contributed by atoms with E-state index in [-0.39, 0.29) is 5.91 Å². The molecule has 1 aromatic heterocycles. The summed E-state index contributed by atoms with van der Waals surface area (Å²) >= 11 is 0. The third-order valence-corrected chi connectivity index (χ3v) is 4.84. The zero-order valence-corrected chi connectivity index (χ0v) is 17.1. The second-order valence-corrected chi connectivity index (χ2v) is 6.83. The number of hydrogen-bond donors (Lipinski definition) is 1. The molecule has 154 valence electrons. The minimum absolute atomic E-state index is 0.0720. The Balaban J connectivity index is 2.03. The fourth-order valence-corrected chi connectivity index (χ4v) is 3.37. The molecule has 1 fully saturated rings. The van der Waals surface area contributed by atoms with Crippen molar-refractivity contribution in [2.75, 3.05) is 39.1 Å². The van der Waals surface area contributed by atoms with E-state index in [1.807, 2.05) is 29.0 Å². The summed E-state index contributed by atoms with van der Waals surface area (Å²) < 4.78 is 12.5. The van der Waals surface area contributed by atoms with E-state index in [0.717, 1.165) is 29.8 Å². The molecule has 2 N–H and O–H groups in total. The molecule has 7 heteroatoms. The number of aromatic nitrogens is 2. The van der Waals surface area contributed by atoms with Crippen LogP contribution in [0.3, 0.4) is 0 Å². The maximum absolute atomic E-state index is 12.9. The number of carbonyl (C=O) groups is 1. The first-order chi connectivity index (χ1) is 14.1. The van der Waals surface area contributed by atoms with Crippen LogP contribution >= 0.6 is 0 Å². The molecular formula is C22H28N4O3. The van der Waals surface area contributed by atoms with E-state index < -0.39 is 0 Å². The van der Waals surface area contributed by atoms with Crippen LogP contribution in [0.2, 0.25) is 0 Å². The molecule has 0 radical (unpaired) electrons. The molecule has 0 aliphatic carbocycles. The fourth-order valence-electron chi connectivity index (χ4n) is 3.37. The van der Waals surface area contributed by atoms with E-state index in [2.05, 4.69) is 18.6 Å². The molecule has 3 rings (SSSR count). The second kappa shape index (κ2) is 9.43. The average Bonchev–Trinajstić information content (AvgIpc) is 3.16. The largest absolute Gasteiger partial charge is 0.495 e. The first-order valence-corrected chi connectivity index (χ1v) is 9.82. The number of benzene rings is 1.